The maximum absolute atomic E-state index is 11.8. The Morgan fingerprint density at radius 2 is 2.35 bits per heavy atom. The van der Waals surface area contributed by atoms with E-state index < -0.39 is 6.10 Å². The van der Waals surface area contributed by atoms with Gasteiger partial charge in [-0.1, -0.05) is 6.92 Å². The smallest absolute Gasteiger partial charge is 0.276 e. The zero-order valence-corrected chi connectivity index (χ0v) is 13.2. The highest BCUT2D eigenvalue weighted by Gasteiger charge is 2.31. The van der Waals surface area contributed by atoms with Gasteiger partial charge in [-0.3, -0.25) is 14.7 Å². The number of aromatic nitrogens is 3. The number of anilines is 1. The molecule has 1 aliphatic heterocycles. The number of nitrogens with zero attached hydrogens (tertiary/aromatic N) is 2. The number of β-amino-alcohol motifs (C(OH)–C–C–N with tert-alkyl or cyclic N) is 1. The molecule has 0 aromatic carbocycles. The highest BCUT2D eigenvalue weighted by molar-refractivity contribution is 5.78. The lowest BCUT2D eigenvalue weighted by Gasteiger charge is -2.15. The van der Waals surface area contributed by atoms with E-state index in [1.807, 2.05) is 0 Å². The molecule has 3 heterocycles. The number of fused-ring (bicyclic) bond motifs is 1. The summed E-state index contributed by atoms with van der Waals surface area (Å²) in [5.41, 5.74) is 7.27. The molecule has 126 valence electrons. The van der Waals surface area contributed by atoms with Crippen LogP contribution in [0.5, 0.6) is 0 Å². The maximum atomic E-state index is 11.8. The monoisotopic (exact) mass is 321 g/mol. The summed E-state index contributed by atoms with van der Waals surface area (Å²) in [6.45, 7) is 5.32. The average Bonchev–Trinajstić information content (AvgIpc) is 3.04. The van der Waals surface area contributed by atoms with E-state index in [9.17, 15) is 9.90 Å². The van der Waals surface area contributed by atoms with Gasteiger partial charge in [-0.15, -0.1) is 0 Å². The number of nitrogens with two attached hydrogens (primary N) is 1. The van der Waals surface area contributed by atoms with Gasteiger partial charge in [0.15, 0.2) is 0 Å². The Balaban J connectivity index is 1.70. The Labute approximate surface area is 133 Å². The van der Waals surface area contributed by atoms with Crippen molar-refractivity contribution in [3.05, 3.63) is 22.1 Å². The van der Waals surface area contributed by atoms with E-state index in [0.717, 1.165) is 25.1 Å². The average molecular weight is 321 g/mol. The van der Waals surface area contributed by atoms with Gasteiger partial charge in [0.05, 0.1) is 12.7 Å². The maximum Gasteiger partial charge on any atom is 0.276 e. The molecule has 3 rings (SSSR count). The Kier molecular flexibility index (Phi) is 4.65. The number of aliphatic hydroxyl groups excluding tert-OH is 1. The van der Waals surface area contributed by atoms with Crippen molar-refractivity contribution in [3.63, 3.8) is 0 Å². The SMILES string of the molecule is CCCOCC1CN(Cc2c[nH]c3c(=O)[nH]c(N)nc23)CC1O. The lowest BCUT2D eigenvalue weighted by atomic mass is 10.1. The van der Waals surface area contributed by atoms with Crippen molar-refractivity contribution in [2.24, 2.45) is 5.92 Å². The third-order valence-electron chi connectivity index (χ3n) is 4.19. The first-order chi connectivity index (χ1) is 11.1. The van der Waals surface area contributed by atoms with Crippen LogP contribution in [-0.4, -0.2) is 57.4 Å². The van der Waals surface area contributed by atoms with Crippen LogP contribution in [0.4, 0.5) is 5.95 Å². The van der Waals surface area contributed by atoms with Gasteiger partial charge in [0.1, 0.15) is 11.0 Å². The third kappa shape index (κ3) is 3.39. The molecule has 0 bridgehead atoms. The molecular formula is C15H23N5O3. The van der Waals surface area contributed by atoms with Gasteiger partial charge in [-0.2, -0.15) is 0 Å². The van der Waals surface area contributed by atoms with Crippen molar-refractivity contribution in [3.8, 4) is 0 Å². The predicted molar refractivity (Wildman–Crippen MR) is 87.0 cm³/mol. The largest absolute Gasteiger partial charge is 0.391 e. The first kappa shape index (κ1) is 16.0. The zero-order valence-electron chi connectivity index (χ0n) is 13.2. The van der Waals surface area contributed by atoms with Crippen molar-refractivity contribution in [2.45, 2.75) is 26.0 Å². The number of nitrogen functional groups attached to an aromatic ring is 1. The summed E-state index contributed by atoms with van der Waals surface area (Å²) in [6, 6.07) is 0. The molecule has 2 unspecified atom stereocenters. The molecule has 0 amide bonds. The highest BCUT2D eigenvalue weighted by Crippen LogP contribution is 2.22. The Morgan fingerprint density at radius 1 is 1.52 bits per heavy atom. The van der Waals surface area contributed by atoms with E-state index in [0.29, 0.717) is 30.7 Å². The minimum Gasteiger partial charge on any atom is -0.391 e. The van der Waals surface area contributed by atoms with Crippen LogP contribution < -0.4 is 11.3 Å². The van der Waals surface area contributed by atoms with Gasteiger partial charge in [0.25, 0.3) is 5.56 Å². The number of aliphatic hydroxyl groups is 1. The molecule has 1 fully saturated rings. The molecule has 2 aromatic rings. The molecule has 1 aliphatic rings. The normalized spacial score (nSPS) is 22.2. The minimum atomic E-state index is -0.390. The Morgan fingerprint density at radius 3 is 3.13 bits per heavy atom. The number of likely N-dealkylation sites (tertiary alicyclic amines) is 1. The van der Waals surface area contributed by atoms with Crippen LogP contribution in [0.25, 0.3) is 11.0 Å². The topological polar surface area (TPSA) is 120 Å². The molecule has 0 saturated carbocycles. The van der Waals surface area contributed by atoms with Gasteiger partial charge in [-0.05, 0) is 6.42 Å². The number of H-pyrrole nitrogens is 2. The summed E-state index contributed by atoms with van der Waals surface area (Å²) >= 11 is 0. The van der Waals surface area contributed by atoms with Gasteiger partial charge in [0, 0.05) is 43.9 Å². The number of aromatic amines is 2. The molecule has 8 heteroatoms. The van der Waals surface area contributed by atoms with Crippen LogP contribution in [0.3, 0.4) is 0 Å². The van der Waals surface area contributed by atoms with Crippen LogP contribution in [0.15, 0.2) is 11.0 Å². The summed E-state index contributed by atoms with van der Waals surface area (Å²) < 4.78 is 5.56. The molecule has 23 heavy (non-hydrogen) atoms. The van der Waals surface area contributed by atoms with Gasteiger partial charge < -0.3 is 20.6 Å². The summed E-state index contributed by atoms with van der Waals surface area (Å²) in [7, 11) is 0. The summed E-state index contributed by atoms with van der Waals surface area (Å²) in [5.74, 6) is 0.226. The second kappa shape index (κ2) is 6.69. The number of nitrogens with one attached hydrogen (secondary N) is 2. The highest BCUT2D eigenvalue weighted by atomic mass is 16.5. The second-order valence-corrected chi connectivity index (χ2v) is 6.09. The number of rotatable bonds is 6. The number of ether oxygens (including phenoxy) is 1. The molecule has 5 N–H and O–H groups in total. The van der Waals surface area contributed by atoms with Crippen molar-refractivity contribution >= 4 is 17.0 Å². The molecule has 0 spiro atoms. The first-order valence-corrected chi connectivity index (χ1v) is 7.92. The van der Waals surface area contributed by atoms with E-state index in [-0.39, 0.29) is 17.4 Å². The van der Waals surface area contributed by atoms with Gasteiger partial charge in [-0.25, -0.2) is 4.98 Å². The third-order valence-corrected chi connectivity index (χ3v) is 4.19. The molecule has 0 radical (unpaired) electrons. The van der Waals surface area contributed by atoms with E-state index in [1.165, 1.54) is 0 Å². The van der Waals surface area contributed by atoms with E-state index in [4.69, 9.17) is 10.5 Å². The fourth-order valence-corrected chi connectivity index (χ4v) is 3.06. The van der Waals surface area contributed by atoms with E-state index in [2.05, 4.69) is 26.8 Å². The Bertz CT molecular complexity index is 725. The standard InChI is InChI=1S/C15H23N5O3/c1-2-3-23-8-10-6-20(7-11(10)21)5-9-4-17-13-12(9)18-15(16)19-14(13)22/h4,10-11,17,21H,2-3,5-8H2,1H3,(H3,16,18,19,22). The predicted octanol–water partition coefficient (Wildman–Crippen LogP) is 0.0527. The van der Waals surface area contributed by atoms with Crippen LogP contribution >= 0.6 is 0 Å². The van der Waals surface area contributed by atoms with Crippen LogP contribution in [0.2, 0.25) is 0 Å². The summed E-state index contributed by atoms with van der Waals surface area (Å²) in [4.78, 5) is 23.6. The molecule has 2 atom stereocenters. The van der Waals surface area contributed by atoms with Crippen LogP contribution in [-0.2, 0) is 11.3 Å². The van der Waals surface area contributed by atoms with Gasteiger partial charge >= 0.3 is 0 Å². The van der Waals surface area contributed by atoms with Crippen LogP contribution in [0.1, 0.15) is 18.9 Å². The van der Waals surface area contributed by atoms with Crippen molar-refractivity contribution in [1.29, 1.82) is 0 Å². The second-order valence-electron chi connectivity index (χ2n) is 6.09. The molecule has 1 saturated heterocycles. The van der Waals surface area contributed by atoms with Crippen molar-refractivity contribution < 1.29 is 9.84 Å². The molecule has 0 aliphatic carbocycles. The number of hydrogen-bond acceptors (Lipinski definition) is 6. The zero-order chi connectivity index (χ0) is 16.4. The Hall–Kier alpha value is -1.90. The van der Waals surface area contributed by atoms with Gasteiger partial charge in [0.2, 0.25) is 5.95 Å². The number of hydrogen-bond donors (Lipinski definition) is 4. The first-order valence-electron chi connectivity index (χ1n) is 7.92. The lowest BCUT2D eigenvalue weighted by molar-refractivity contribution is 0.0532. The quantitative estimate of drug-likeness (QED) is 0.558. The van der Waals surface area contributed by atoms with E-state index in [1.54, 1.807) is 6.20 Å². The van der Waals surface area contributed by atoms with Crippen molar-refractivity contribution in [1.82, 2.24) is 19.9 Å². The summed E-state index contributed by atoms with van der Waals surface area (Å²) in [5, 5.41) is 10.2. The molecule has 2 aromatic heterocycles. The molecular weight excluding hydrogens is 298 g/mol. The summed E-state index contributed by atoms with van der Waals surface area (Å²) in [6.07, 6.45) is 2.36. The fourth-order valence-electron chi connectivity index (χ4n) is 3.06. The fraction of sp³-hybridized carbons (Fsp3) is 0.600. The minimum absolute atomic E-state index is 0.107. The van der Waals surface area contributed by atoms with Crippen molar-refractivity contribution in [2.75, 3.05) is 32.0 Å². The van der Waals surface area contributed by atoms with E-state index >= 15 is 0 Å². The van der Waals surface area contributed by atoms with Crippen LogP contribution in [0, 0.1) is 5.92 Å². The lowest BCUT2D eigenvalue weighted by Crippen LogP contribution is -2.22. The molecule has 8 nitrogen and oxygen atoms in total.